The summed E-state index contributed by atoms with van der Waals surface area (Å²) in [5.74, 6) is 0.500. The third-order valence-corrected chi connectivity index (χ3v) is 4.68. The summed E-state index contributed by atoms with van der Waals surface area (Å²) in [5, 5.41) is 9.02. The maximum Gasteiger partial charge on any atom is 0.243 e. The highest BCUT2D eigenvalue weighted by Gasteiger charge is 2.23. The van der Waals surface area contributed by atoms with Crippen LogP contribution in [0.3, 0.4) is 0 Å². The lowest BCUT2D eigenvalue weighted by atomic mass is 10.3. The van der Waals surface area contributed by atoms with Gasteiger partial charge in [0.1, 0.15) is 5.75 Å². The Morgan fingerprint density at radius 2 is 2.05 bits per heavy atom. The lowest BCUT2D eigenvalue weighted by molar-refractivity contribution is 0.252. The molecule has 0 atom stereocenters. The molecule has 0 saturated carbocycles. The predicted molar refractivity (Wildman–Crippen MR) is 73.7 cm³/mol. The van der Waals surface area contributed by atoms with Gasteiger partial charge in [-0.15, -0.1) is 0 Å². The maximum atomic E-state index is 12.5. The molecule has 0 aliphatic heterocycles. The van der Waals surface area contributed by atoms with Crippen molar-refractivity contribution in [3.63, 3.8) is 0 Å². The van der Waals surface area contributed by atoms with Gasteiger partial charge in [-0.1, -0.05) is 19.4 Å². The number of aliphatic hydroxyl groups is 1. The Hall–Kier alpha value is -1.11. The standard InChI is InChI=1S/C13H21NO4S/c1-3-4-8-14(9-10-15)19(16,17)13-7-5-6-12(11-13)18-2/h5-7,11,15H,3-4,8-10H2,1-2H3. The molecule has 0 fully saturated rings. The Kier molecular flexibility index (Phi) is 6.27. The van der Waals surface area contributed by atoms with Crippen molar-refractivity contribution >= 4 is 10.0 Å². The topological polar surface area (TPSA) is 66.8 Å². The summed E-state index contributed by atoms with van der Waals surface area (Å²) >= 11 is 0. The van der Waals surface area contributed by atoms with Crippen LogP contribution in [0.2, 0.25) is 0 Å². The summed E-state index contributed by atoms with van der Waals surface area (Å²) in [6.07, 6.45) is 1.67. The Morgan fingerprint density at radius 3 is 2.63 bits per heavy atom. The number of unbranched alkanes of at least 4 members (excludes halogenated alkanes) is 1. The van der Waals surface area contributed by atoms with Crippen molar-refractivity contribution in [1.82, 2.24) is 4.31 Å². The second-order valence-electron chi connectivity index (χ2n) is 4.16. The van der Waals surface area contributed by atoms with Crippen molar-refractivity contribution in [3.8, 4) is 5.75 Å². The second kappa shape index (κ2) is 7.47. The number of hydrogen-bond acceptors (Lipinski definition) is 4. The number of sulfonamides is 1. The van der Waals surface area contributed by atoms with E-state index >= 15 is 0 Å². The van der Waals surface area contributed by atoms with E-state index in [-0.39, 0.29) is 18.0 Å². The largest absolute Gasteiger partial charge is 0.497 e. The Bertz CT molecular complexity index is 487. The molecule has 6 heteroatoms. The van der Waals surface area contributed by atoms with E-state index in [2.05, 4.69) is 0 Å². The van der Waals surface area contributed by atoms with Gasteiger partial charge in [-0.05, 0) is 18.6 Å². The molecule has 1 aromatic carbocycles. The van der Waals surface area contributed by atoms with Crippen LogP contribution in [-0.2, 0) is 10.0 Å². The van der Waals surface area contributed by atoms with Crippen molar-refractivity contribution < 1.29 is 18.3 Å². The van der Waals surface area contributed by atoms with Gasteiger partial charge in [0.2, 0.25) is 10.0 Å². The molecule has 0 saturated heterocycles. The van der Waals surface area contributed by atoms with E-state index in [0.717, 1.165) is 12.8 Å². The second-order valence-corrected chi connectivity index (χ2v) is 6.10. The summed E-state index contributed by atoms with van der Waals surface area (Å²) in [5.41, 5.74) is 0. The van der Waals surface area contributed by atoms with Crippen LogP contribution >= 0.6 is 0 Å². The van der Waals surface area contributed by atoms with Gasteiger partial charge in [0.05, 0.1) is 18.6 Å². The average molecular weight is 287 g/mol. The minimum absolute atomic E-state index is 0.111. The molecule has 1 aromatic rings. The molecule has 1 rings (SSSR count). The molecule has 5 nitrogen and oxygen atoms in total. The van der Waals surface area contributed by atoms with Crippen molar-refractivity contribution in [3.05, 3.63) is 24.3 Å². The van der Waals surface area contributed by atoms with Crippen molar-refractivity contribution in [1.29, 1.82) is 0 Å². The molecule has 0 aliphatic rings. The van der Waals surface area contributed by atoms with E-state index < -0.39 is 10.0 Å². The lowest BCUT2D eigenvalue weighted by Gasteiger charge is -2.21. The molecule has 1 N–H and O–H groups in total. The fraction of sp³-hybridized carbons (Fsp3) is 0.538. The van der Waals surface area contributed by atoms with E-state index in [1.54, 1.807) is 12.1 Å². The number of ether oxygens (including phenoxy) is 1. The summed E-state index contributed by atoms with van der Waals surface area (Å²) in [6.45, 7) is 2.33. The van der Waals surface area contributed by atoms with Gasteiger partial charge in [0, 0.05) is 19.2 Å². The van der Waals surface area contributed by atoms with Crippen LogP contribution in [0.15, 0.2) is 29.2 Å². The van der Waals surface area contributed by atoms with Gasteiger partial charge in [-0.3, -0.25) is 0 Å². The minimum Gasteiger partial charge on any atom is -0.497 e. The highest BCUT2D eigenvalue weighted by Crippen LogP contribution is 2.21. The summed E-state index contributed by atoms with van der Waals surface area (Å²) < 4.78 is 31.3. The molecule has 0 amide bonds. The van der Waals surface area contributed by atoms with Crippen LogP contribution in [-0.4, -0.2) is 44.6 Å². The van der Waals surface area contributed by atoms with E-state index in [1.807, 2.05) is 6.92 Å². The SMILES string of the molecule is CCCCN(CCO)S(=O)(=O)c1cccc(OC)c1. The smallest absolute Gasteiger partial charge is 0.243 e. The van der Waals surface area contributed by atoms with Crippen LogP contribution < -0.4 is 4.74 Å². The molecule has 0 bridgehead atoms. The number of benzene rings is 1. The highest BCUT2D eigenvalue weighted by molar-refractivity contribution is 7.89. The first-order valence-corrected chi connectivity index (χ1v) is 7.75. The zero-order valence-corrected chi connectivity index (χ0v) is 12.2. The molecule has 0 aromatic heterocycles. The van der Waals surface area contributed by atoms with Gasteiger partial charge in [0.25, 0.3) is 0 Å². The molecule has 0 unspecified atom stereocenters. The molecule has 19 heavy (non-hydrogen) atoms. The number of hydrogen-bond donors (Lipinski definition) is 1. The molecule has 0 heterocycles. The zero-order valence-electron chi connectivity index (χ0n) is 11.4. The Balaban J connectivity index is 3.03. The van der Waals surface area contributed by atoms with E-state index in [1.165, 1.54) is 23.5 Å². The third kappa shape index (κ3) is 4.19. The molecular weight excluding hydrogens is 266 g/mol. The number of nitrogens with zero attached hydrogens (tertiary/aromatic N) is 1. The third-order valence-electron chi connectivity index (χ3n) is 2.79. The summed E-state index contributed by atoms with van der Waals surface area (Å²) in [6, 6.07) is 6.37. The van der Waals surface area contributed by atoms with Gasteiger partial charge in [-0.2, -0.15) is 4.31 Å². The first-order valence-electron chi connectivity index (χ1n) is 6.31. The normalized spacial score (nSPS) is 11.8. The molecule has 108 valence electrons. The van der Waals surface area contributed by atoms with Crippen LogP contribution in [0.25, 0.3) is 0 Å². The minimum atomic E-state index is -3.57. The molecule has 0 spiro atoms. The van der Waals surface area contributed by atoms with Crippen LogP contribution in [0, 0.1) is 0 Å². The highest BCUT2D eigenvalue weighted by atomic mass is 32.2. The van der Waals surface area contributed by atoms with Gasteiger partial charge in [-0.25, -0.2) is 8.42 Å². The van der Waals surface area contributed by atoms with E-state index in [4.69, 9.17) is 9.84 Å². The maximum absolute atomic E-state index is 12.5. The Labute approximate surface area is 114 Å². The number of methoxy groups -OCH3 is 1. The van der Waals surface area contributed by atoms with Crippen LogP contribution in [0.5, 0.6) is 5.75 Å². The number of aliphatic hydroxyl groups excluding tert-OH is 1. The first-order chi connectivity index (χ1) is 9.06. The fourth-order valence-electron chi connectivity index (χ4n) is 1.71. The monoisotopic (exact) mass is 287 g/mol. The quantitative estimate of drug-likeness (QED) is 0.786. The van der Waals surface area contributed by atoms with Crippen molar-refractivity contribution in [2.24, 2.45) is 0 Å². The van der Waals surface area contributed by atoms with Gasteiger partial charge in [0.15, 0.2) is 0 Å². The van der Waals surface area contributed by atoms with Crippen LogP contribution in [0.4, 0.5) is 0 Å². The summed E-state index contributed by atoms with van der Waals surface area (Å²) in [7, 11) is -2.08. The van der Waals surface area contributed by atoms with E-state index in [0.29, 0.717) is 12.3 Å². The van der Waals surface area contributed by atoms with Crippen LogP contribution in [0.1, 0.15) is 19.8 Å². The van der Waals surface area contributed by atoms with Gasteiger partial charge < -0.3 is 9.84 Å². The summed E-state index contributed by atoms with van der Waals surface area (Å²) in [4.78, 5) is 0.191. The molecule has 0 aliphatic carbocycles. The first kappa shape index (κ1) is 15.9. The van der Waals surface area contributed by atoms with Gasteiger partial charge >= 0.3 is 0 Å². The average Bonchev–Trinajstić information content (AvgIpc) is 2.43. The van der Waals surface area contributed by atoms with Crippen molar-refractivity contribution in [2.45, 2.75) is 24.7 Å². The molecule has 0 radical (unpaired) electrons. The lowest BCUT2D eigenvalue weighted by Crippen LogP contribution is -2.34. The number of rotatable bonds is 8. The fourth-order valence-corrected chi connectivity index (χ4v) is 3.21. The molecular formula is C13H21NO4S. The zero-order chi connectivity index (χ0) is 14.3. The predicted octanol–water partition coefficient (Wildman–Crippen LogP) is 1.48. The Morgan fingerprint density at radius 1 is 1.32 bits per heavy atom. The van der Waals surface area contributed by atoms with Crippen molar-refractivity contribution in [2.75, 3.05) is 26.8 Å². The van der Waals surface area contributed by atoms with E-state index in [9.17, 15) is 8.42 Å².